The summed E-state index contributed by atoms with van der Waals surface area (Å²) in [7, 11) is 0. The molecule has 0 aliphatic carbocycles. The third-order valence-electron chi connectivity index (χ3n) is 6.23. The molecule has 0 bridgehead atoms. The molecular weight excluding hydrogens is 382 g/mol. The van der Waals surface area contributed by atoms with Crippen LogP contribution in [0.4, 0.5) is 0 Å². The van der Waals surface area contributed by atoms with Gasteiger partial charge in [-0.25, -0.2) is 4.98 Å². The monoisotopic (exact) mass is 413 g/mol. The second-order valence-corrected chi connectivity index (χ2v) is 9.42. The van der Waals surface area contributed by atoms with Gasteiger partial charge in [0, 0.05) is 25.0 Å². The van der Waals surface area contributed by atoms with E-state index in [1.54, 1.807) is 0 Å². The molecule has 1 N–H and O–H groups in total. The number of aromatic nitrogens is 1. The Bertz CT molecular complexity index is 799. The minimum atomic E-state index is -0.0906. The number of nitrogens with one attached hydrogen (secondary N) is 1. The maximum absolute atomic E-state index is 12.2. The molecule has 6 heteroatoms. The highest BCUT2D eigenvalue weighted by molar-refractivity contribution is 7.09. The average molecular weight is 414 g/mol. The van der Waals surface area contributed by atoms with E-state index in [0.717, 1.165) is 56.7 Å². The lowest BCUT2D eigenvalue weighted by Crippen LogP contribution is -2.45. The van der Waals surface area contributed by atoms with Crippen molar-refractivity contribution < 1.29 is 9.53 Å². The van der Waals surface area contributed by atoms with Crippen molar-refractivity contribution in [2.45, 2.75) is 57.2 Å². The van der Waals surface area contributed by atoms with Crippen LogP contribution in [0.1, 0.15) is 53.2 Å². The summed E-state index contributed by atoms with van der Waals surface area (Å²) >= 11 is 1.50. The van der Waals surface area contributed by atoms with Gasteiger partial charge in [0.1, 0.15) is 5.69 Å². The molecule has 0 unspecified atom stereocenters. The van der Waals surface area contributed by atoms with E-state index in [-0.39, 0.29) is 17.6 Å². The van der Waals surface area contributed by atoms with Gasteiger partial charge in [0.15, 0.2) is 0 Å². The third kappa shape index (κ3) is 5.44. The van der Waals surface area contributed by atoms with Crippen molar-refractivity contribution in [2.75, 3.05) is 26.2 Å². The van der Waals surface area contributed by atoms with Crippen molar-refractivity contribution >= 4 is 17.2 Å². The molecule has 156 valence electrons. The second kappa shape index (κ2) is 9.37. The Morgan fingerprint density at radius 2 is 2.07 bits per heavy atom. The molecule has 1 aromatic heterocycles. The Balaban J connectivity index is 1.16. The van der Waals surface area contributed by atoms with E-state index in [0.29, 0.717) is 12.2 Å². The number of thiazole rings is 1. The van der Waals surface area contributed by atoms with Gasteiger partial charge in [0.25, 0.3) is 5.91 Å². The van der Waals surface area contributed by atoms with E-state index in [4.69, 9.17) is 4.74 Å². The lowest BCUT2D eigenvalue weighted by atomic mass is 9.88. The zero-order valence-corrected chi connectivity index (χ0v) is 18.0. The molecule has 1 aromatic carbocycles. The van der Waals surface area contributed by atoms with Crippen molar-refractivity contribution in [1.82, 2.24) is 15.2 Å². The van der Waals surface area contributed by atoms with Gasteiger partial charge < -0.3 is 15.0 Å². The Hall–Kier alpha value is -1.76. The summed E-state index contributed by atoms with van der Waals surface area (Å²) in [6.07, 6.45) is 6.85. The van der Waals surface area contributed by atoms with E-state index in [2.05, 4.69) is 45.5 Å². The van der Waals surface area contributed by atoms with Crippen LogP contribution in [0.3, 0.4) is 0 Å². The number of amides is 1. The number of carbonyl (C=O) groups is 1. The van der Waals surface area contributed by atoms with Crippen LogP contribution in [0, 0.1) is 6.92 Å². The summed E-state index contributed by atoms with van der Waals surface area (Å²) in [5.74, 6) is -0.0906. The molecular formula is C23H31N3O2S. The van der Waals surface area contributed by atoms with Gasteiger partial charge in [-0.1, -0.05) is 30.3 Å². The molecule has 0 saturated carbocycles. The van der Waals surface area contributed by atoms with Gasteiger partial charge in [-0.2, -0.15) is 0 Å². The second-order valence-electron chi connectivity index (χ2n) is 8.35. The number of likely N-dealkylation sites (tertiary alicyclic amines) is 1. The van der Waals surface area contributed by atoms with Crippen LogP contribution in [0.25, 0.3) is 0 Å². The molecule has 5 nitrogen and oxygen atoms in total. The molecule has 0 radical (unpaired) electrons. The number of benzene rings is 1. The van der Waals surface area contributed by atoms with E-state index < -0.39 is 0 Å². The van der Waals surface area contributed by atoms with E-state index in [1.165, 1.54) is 23.3 Å². The predicted molar refractivity (Wildman–Crippen MR) is 116 cm³/mol. The van der Waals surface area contributed by atoms with Crippen molar-refractivity contribution in [2.24, 2.45) is 0 Å². The average Bonchev–Trinajstić information content (AvgIpc) is 3.35. The predicted octanol–water partition coefficient (Wildman–Crippen LogP) is 3.83. The number of hydrogen-bond donors (Lipinski definition) is 1. The first kappa shape index (κ1) is 20.5. The minimum absolute atomic E-state index is 0.0303. The van der Waals surface area contributed by atoms with E-state index in [1.807, 2.05) is 12.3 Å². The SMILES string of the molecule is Cc1nc(C(=O)NC[C@@H]2CCC3(CCN(CCCc4ccccc4)CC3)O2)cs1. The first-order valence-electron chi connectivity index (χ1n) is 10.8. The highest BCUT2D eigenvalue weighted by Crippen LogP contribution is 2.38. The molecule has 2 fully saturated rings. The Labute approximate surface area is 177 Å². The maximum Gasteiger partial charge on any atom is 0.270 e. The standard InChI is InChI=1S/C23H31N3O2S/c1-18-25-21(17-29-18)22(27)24-16-20-9-10-23(28-20)11-14-26(15-12-23)13-5-8-19-6-3-2-4-7-19/h2-4,6-7,17,20H,5,8-16H2,1H3,(H,24,27)/t20-/m0/s1. The number of carbonyl (C=O) groups excluding carboxylic acids is 1. The van der Waals surface area contributed by atoms with E-state index >= 15 is 0 Å². The first-order valence-corrected chi connectivity index (χ1v) is 11.6. The summed E-state index contributed by atoms with van der Waals surface area (Å²) in [5, 5.41) is 5.73. The fourth-order valence-corrected chi connectivity index (χ4v) is 5.10. The van der Waals surface area contributed by atoms with Gasteiger partial charge in [0.2, 0.25) is 0 Å². The number of nitrogens with zero attached hydrogens (tertiary/aromatic N) is 2. The number of piperidine rings is 1. The van der Waals surface area contributed by atoms with Gasteiger partial charge in [0.05, 0.1) is 16.7 Å². The smallest absolute Gasteiger partial charge is 0.270 e. The molecule has 2 aliphatic heterocycles. The molecule has 1 spiro atoms. The fourth-order valence-electron chi connectivity index (χ4n) is 4.51. The highest BCUT2D eigenvalue weighted by atomic mass is 32.1. The highest BCUT2D eigenvalue weighted by Gasteiger charge is 2.42. The van der Waals surface area contributed by atoms with Gasteiger partial charge in [-0.3, -0.25) is 4.79 Å². The molecule has 2 saturated heterocycles. The quantitative estimate of drug-likeness (QED) is 0.750. The lowest BCUT2D eigenvalue weighted by molar-refractivity contribution is -0.0754. The van der Waals surface area contributed by atoms with Gasteiger partial charge in [-0.15, -0.1) is 11.3 Å². The van der Waals surface area contributed by atoms with Crippen molar-refractivity contribution in [3.05, 3.63) is 52.0 Å². The molecule has 2 aromatic rings. The van der Waals surface area contributed by atoms with Crippen LogP contribution in [0.15, 0.2) is 35.7 Å². The zero-order chi connectivity index (χ0) is 20.1. The summed E-state index contributed by atoms with van der Waals surface area (Å²) in [6.45, 7) is 5.90. The van der Waals surface area contributed by atoms with Crippen molar-refractivity contribution in [3.8, 4) is 0 Å². The summed E-state index contributed by atoms with van der Waals surface area (Å²) in [6, 6.07) is 10.7. The summed E-state index contributed by atoms with van der Waals surface area (Å²) < 4.78 is 6.44. The van der Waals surface area contributed by atoms with Crippen LogP contribution in [0.5, 0.6) is 0 Å². The van der Waals surface area contributed by atoms with Crippen LogP contribution in [-0.2, 0) is 11.2 Å². The lowest BCUT2D eigenvalue weighted by Gasteiger charge is -2.39. The third-order valence-corrected chi connectivity index (χ3v) is 7.00. The van der Waals surface area contributed by atoms with Gasteiger partial charge in [-0.05, 0) is 57.6 Å². The number of rotatable bonds is 7. The number of ether oxygens (including phenoxy) is 1. The molecule has 3 heterocycles. The van der Waals surface area contributed by atoms with Crippen LogP contribution < -0.4 is 5.32 Å². The molecule has 4 rings (SSSR count). The van der Waals surface area contributed by atoms with Crippen molar-refractivity contribution in [1.29, 1.82) is 0 Å². The molecule has 29 heavy (non-hydrogen) atoms. The van der Waals surface area contributed by atoms with Gasteiger partial charge >= 0.3 is 0 Å². The molecule has 2 aliphatic rings. The number of hydrogen-bond acceptors (Lipinski definition) is 5. The molecule has 1 amide bonds. The summed E-state index contributed by atoms with van der Waals surface area (Å²) in [5.41, 5.74) is 1.98. The maximum atomic E-state index is 12.2. The normalized spacial score (nSPS) is 21.5. The summed E-state index contributed by atoms with van der Waals surface area (Å²) in [4.78, 5) is 19.0. The van der Waals surface area contributed by atoms with Crippen LogP contribution in [0.2, 0.25) is 0 Å². The minimum Gasteiger partial charge on any atom is -0.370 e. The van der Waals surface area contributed by atoms with Crippen LogP contribution >= 0.6 is 11.3 Å². The largest absolute Gasteiger partial charge is 0.370 e. The Morgan fingerprint density at radius 3 is 2.79 bits per heavy atom. The van der Waals surface area contributed by atoms with Crippen molar-refractivity contribution in [3.63, 3.8) is 0 Å². The first-order chi connectivity index (χ1) is 14.1. The Morgan fingerprint density at radius 1 is 1.28 bits per heavy atom. The number of aryl methyl sites for hydroxylation is 2. The van der Waals surface area contributed by atoms with E-state index in [9.17, 15) is 4.79 Å². The molecule has 1 atom stereocenters. The fraction of sp³-hybridized carbons (Fsp3) is 0.565. The van der Waals surface area contributed by atoms with Crippen LogP contribution in [-0.4, -0.2) is 53.7 Å². The Kier molecular flexibility index (Phi) is 6.63. The topological polar surface area (TPSA) is 54.5 Å². The zero-order valence-electron chi connectivity index (χ0n) is 17.2.